The average molecular weight is 1310 g/mol. The molecule has 31 heteroatoms. The van der Waals surface area contributed by atoms with E-state index < -0.39 is 94.0 Å². The average Bonchev–Trinajstić information content (AvgIpc) is 3.06. The number of halogens is 6. The van der Waals surface area contributed by atoms with Crippen molar-refractivity contribution in [3.05, 3.63) is 65.7 Å². The molecule has 11 N–H and O–H groups in total. The van der Waals surface area contributed by atoms with Crippen LogP contribution in [0.25, 0.3) is 0 Å². The molecule has 0 heterocycles. The van der Waals surface area contributed by atoms with Crippen molar-refractivity contribution in [3.8, 4) is 5.75 Å². The van der Waals surface area contributed by atoms with Gasteiger partial charge in [0.05, 0.1) is 0 Å². The summed E-state index contributed by atoms with van der Waals surface area (Å²) in [6.07, 6.45) is 21.0. The number of unbranched alkanes of at least 4 members (excludes halogenated alkanes) is 15. The third-order valence-electron chi connectivity index (χ3n) is 7.04. The normalized spacial score (nSPS) is 13.0. The second-order valence-corrected chi connectivity index (χ2v) is 25.1. The van der Waals surface area contributed by atoms with Crippen LogP contribution < -0.4 is 4.74 Å². The van der Waals surface area contributed by atoms with Gasteiger partial charge in [-0.1, -0.05) is 84.0 Å². The third-order valence-corrected chi connectivity index (χ3v) is 8.12. The summed E-state index contributed by atoms with van der Waals surface area (Å²) < 4.78 is 211. The molecule has 0 fully saturated rings. The Labute approximate surface area is 382 Å². The van der Waals surface area contributed by atoms with Crippen LogP contribution in [-0.2, 0) is 32.6 Å². The molecule has 0 radical (unpaired) electrons. The quantitative estimate of drug-likeness (QED) is 0.0431. The van der Waals surface area contributed by atoms with Crippen molar-refractivity contribution in [2.75, 3.05) is 6.61 Å². The Balaban J connectivity index is -0.000000562. The number of hydrogen-bond acceptors (Lipinski definition) is 8. The van der Waals surface area contributed by atoms with E-state index in [9.17, 15) is 28.6 Å². The first-order valence-corrected chi connectivity index (χ1v) is 37.6. The summed E-state index contributed by atoms with van der Waals surface area (Å²) in [6.45, 7) is 2.94. The first-order valence-electron chi connectivity index (χ1n) is 18.7. The summed E-state index contributed by atoms with van der Waals surface area (Å²) in [6, 6.07) is 16.6. The summed E-state index contributed by atoms with van der Waals surface area (Å²) in [5.41, 5.74) is 1.56. The van der Waals surface area contributed by atoms with E-state index >= 15 is 0 Å². The van der Waals surface area contributed by atoms with E-state index in [1.807, 2.05) is 42.5 Å². The molecule has 0 aliphatic rings. The van der Waals surface area contributed by atoms with Gasteiger partial charge in [0, 0.05) is 0 Å². The Morgan fingerprint density at radius 1 is 0.444 bits per heavy atom. The molecule has 63 heavy (non-hydrogen) atoms. The fraction of sp³-hybridized carbons (Fsp3) is 0.625. The molecule has 2 rings (SSSR count). The van der Waals surface area contributed by atoms with Gasteiger partial charge in [-0.15, -0.1) is 0 Å². The first kappa shape index (κ1) is 69.1. The van der Waals surface area contributed by atoms with Gasteiger partial charge in [0.15, 0.2) is 0 Å². The summed E-state index contributed by atoms with van der Waals surface area (Å²) in [4.78, 5) is 0. The molecule has 374 valence electrons. The molecule has 0 saturated carbocycles. The molecule has 0 aliphatic carbocycles. The van der Waals surface area contributed by atoms with E-state index in [4.69, 9.17) is 68.1 Å². The zero-order valence-corrected chi connectivity index (χ0v) is 45.4. The maximum atomic E-state index is 13.5. The van der Waals surface area contributed by atoms with Gasteiger partial charge in [-0.3, -0.25) is 0 Å². The van der Waals surface area contributed by atoms with Crippen molar-refractivity contribution >= 4 is 87.9 Å². The molecule has 0 saturated heterocycles. The van der Waals surface area contributed by atoms with Crippen LogP contribution >= 0.6 is 0 Å². The number of rotatable bonds is 23. The molecule has 0 bridgehead atoms. The molecule has 2 aromatic rings. The predicted molar refractivity (Wildman–Crippen MR) is 215 cm³/mol. The fourth-order valence-electron chi connectivity index (χ4n) is 4.82. The fourth-order valence-corrected chi connectivity index (χ4v) is 5.89. The molecule has 2 aromatic carbocycles. The van der Waals surface area contributed by atoms with Gasteiger partial charge in [0.25, 0.3) is 0 Å². The second-order valence-electron chi connectivity index (χ2n) is 12.8. The van der Waals surface area contributed by atoms with E-state index in [2.05, 4.69) is 6.92 Å². The molecule has 19 nitrogen and oxygen atoms in total. The van der Waals surface area contributed by atoms with E-state index in [0.717, 1.165) is 17.7 Å². The Kier molecular flexibility index (Phi) is 42.2. The second kappa shape index (κ2) is 38.5. The Morgan fingerprint density at radius 2 is 0.730 bits per heavy atom. The van der Waals surface area contributed by atoms with Crippen LogP contribution in [0.3, 0.4) is 0 Å². The SMILES string of the molecule is CCCCCCCCCCCCCCCCCCOc1ccc(C(Cc2ccccc2)O[As](=O)(O)F)cc1.O=[As](O)(O)F.O=[As](O)(O)F.O=[As](O)(O)F.O=[As](O)(O)F.O=[As](O)(O)F. The van der Waals surface area contributed by atoms with Crippen LogP contribution in [0.2, 0.25) is 0 Å². The van der Waals surface area contributed by atoms with Crippen molar-refractivity contribution in [1.82, 2.24) is 0 Å². The van der Waals surface area contributed by atoms with Crippen LogP contribution in [0, 0.1) is 0 Å². The Hall–Kier alpha value is -0.509. The van der Waals surface area contributed by atoms with Gasteiger partial charge < -0.3 is 0 Å². The van der Waals surface area contributed by atoms with Gasteiger partial charge >= 0.3 is 301 Å². The summed E-state index contributed by atoms with van der Waals surface area (Å²) in [7, 11) is 0. The number of ether oxygens (including phenoxy) is 1. The van der Waals surface area contributed by atoms with E-state index in [1.165, 1.54) is 96.3 Å². The van der Waals surface area contributed by atoms with Gasteiger partial charge in [0.2, 0.25) is 0 Å². The van der Waals surface area contributed by atoms with Gasteiger partial charge in [-0.05, 0) is 0 Å². The molecular formula is C32H60As6F6O19. The topological polar surface area (TPSA) is 343 Å². The van der Waals surface area contributed by atoms with Crippen LogP contribution in [0.4, 0.5) is 20.8 Å². The molecule has 0 aliphatic heterocycles. The number of benzene rings is 2. The standard InChI is InChI=1S/C32H50AsFO4.5AsFH2O3/c1-2-3-4-5-6-7-8-9-10-11-12-13-14-15-16-20-27-37-31-25-23-30(24-26-31)32(38-33(34,35)36)28-29-21-18-17-19-22-29;5*2-1(3,4)5/h17-19,21-26,32H,2-16,20,27-28H2,1H3,(H,35,36);5*(H2,3,4,5). The van der Waals surface area contributed by atoms with Crippen LogP contribution in [0.15, 0.2) is 54.6 Å². The van der Waals surface area contributed by atoms with E-state index in [0.29, 0.717) is 18.6 Å². The molecule has 0 amide bonds. The van der Waals surface area contributed by atoms with Gasteiger partial charge in [0.1, 0.15) is 0 Å². The number of hydrogen-bond donors (Lipinski definition) is 11. The van der Waals surface area contributed by atoms with Gasteiger partial charge in [-0.2, -0.15) is 0 Å². The molecule has 2 unspecified atom stereocenters. The van der Waals surface area contributed by atoms with Crippen molar-refractivity contribution in [2.45, 2.75) is 122 Å². The Bertz CT molecular complexity index is 1530. The van der Waals surface area contributed by atoms with Crippen LogP contribution in [-0.4, -0.2) is 140 Å². The van der Waals surface area contributed by atoms with Crippen molar-refractivity contribution in [3.63, 3.8) is 0 Å². The molecule has 0 spiro atoms. The van der Waals surface area contributed by atoms with Crippen LogP contribution in [0.1, 0.15) is 127 Å². The van der Waals surface area contributed by atoms with Crippen molar-refractivity contribution < 1.29 is 96.8 Å². The minimum atomic E-state index is -5.76. The monoisotopic (exact) mass is 1310 g/mol. The summed E-state index contributed by atoms with van der Waals surface area (Å²) >= 11 is -33.9. The van der Waals surface area contributed by atoms with Crippen molar-refractivity contribution in [1.29, 1.82) is 0 Å². The Morgan fingerprint density at radius 3 is 1.02 bits per heavy atom. The van der Waals surface area contributed by atoms with E-state index in [-0.39, 0.29) is 0 Å². The van der Waals surface area contributed by atoms with Crippen LogP contribution in [0.5, 0.6) is 5.75 Å². The zero-order chi connectivity index (χ0) is 49.8. The molecule has 0 aromatic heterocycles. The summed E-state index contributed by atoms with van der Waals surface area (Å²) in [5.74, 6) is 0.742. The third kappa shape index (κ3) is 88.9. The van der Waals surface area contributed by atoms with E-state index in [1.54, 1.807) is 12.1 Å². The summed E-state index contributed by atoms with van der Waals surface area (Å²) in [5, 5.41) is 0. The van der Waals surface area contributed by atoms with Gasteiger partial charge in [-0.25, -0.2) is 0 Å². The minimum absolute atomic E-state index is 0.315. The molecule has 2 atom stereocenters. The molecular weight excluding hydrogens is 1250 g/mol. The maximum absolute atomic E-state index is 13.5. The predicted octanol–water partition coefficient (Wildman–Crippen LogP) is 3.49. The van der Waals surface area contributed by atoms with Crippen molar-refractivity contribution in [2.24, 2.45) is 0 Å². The zero-order valence-electron chi connectivity index (χ0n) is 34.1. The first-order chi connectivity index (χ1) is 28.5.